The fraction of sp³-hybridized carbons (Fsp3) is 0.667. The summed E-state index contributed by atoms with van der Waals surface area (Å²) in [6.07, 6.45) is 15.1. The van der Waals surface area contributed by atoms with Crippen LogP contribution in [-0.2, 0) is 4.79 Å². The Morgan fingerprint density at radius 3 is 1.81 bits per heavy atom. The number of hydrogen-bond acceptors (Lipinski definition) is 1. The minimum atomic E-state index is 0.397. The molecular formula is C15H24O. The molecule has 0 saturated heterocycles. The van der Waals surface area contributed by atoms with Crippen LogP contribution in [-0.4, -0.2) is 5.78 Å². The van der Waals surface area contributed by atoms with Crippen LogP contribution in [0.1, 0.15) is 52.4 Å². The van der Waals surface area contributed by atoms with E-state index in [2.05, 4.69) is 38.2 Å². The molecule has 2 unspecified atom stereocenters. The summed E-state index contributed by atoms with van der Waals surface area (Å²) in [6.45, 7) is 4.27. The average molecular weight is 220 g/mol. The van der Waals surface area contributed by atoms with Gasteiger partial charge in [-0.1, -0.05) is 38.2 Å². The molecule has 0 spiro atoms. The lowest BCUT2D eigenvalue weighted by Crippen LogP contribution is -2.07. The molecule has 90 valence electrons. The van der Waals surface area contributed by atoms with Crippen LogP contribution in [0.4, 0.5) is 0 Å². The maximum Gasteiger partial charge on any atom is 0.134 e. The van der Waals surface area contributed by atoms with Crippen molar-refractivity contribution >= 4 is 5.78 Å². The van der Waals surface area contributed by atoms with E-state index in [0.717, 1.165) is 12.8 Å². The van der Waals surface area contributed by atoms with E-state index < -0.39 is 0 Å². The largest absolute Gasteiger partial charge is 0.300 e. The highest BCUT2D eigenvalue weighted by molar-refractivity contribution is 5.79. The van der Waals surface area contributed by atoms with Crippen molar-refractivity contribution in [3.63, 3.8) is 0 Å². The molecule has 0 aliphatic heterocycles. The molecule has 0 N–H and O–H groups in total. The predicted molar refractivity (Wildman–Crippen MR) is 69.3 cm³/mol. The lowest BCUT2D eigenvalue weighted by Gasteiger charge is -2.08. The molecule has 2 atom stereocenters. The summed E-state index contributed by atoms with van der Waals surface area (Å²) in [5, 5.41) is 0. The van der Waals surface area contributed by atoms with E-state index in [0.29, 0.717) is 30.5 Å². The van der Waals surface area contributed by atoms with Crippen LogP contribution >= 0.6 is 0 Å². The molecule has 1 rings (SSSR count). The van der Waals surface area contributed by atoms with E-state index in [-0.39, 0.29) is 0 Å². The molecule has 0 aromatic carbocycles. The fourth-order valence-corrected chi connectivity index (χ4v) is 2.12. The third kappa shape index (κ3) is 5.89. The van der Waals surface area contributed by atoms with Crippen LogP contribution in [0.15, 0.2) is 24.3 Å². The van der Waals surface area contributed by atoms with Crippen molar-refractivity contribution in [2.24, 2.45) is 11.8 Å². The van der Waals surface area contributed by atoms with Gasteiger partial charge in [-0.3, -0.25) is 4.79 Å². The van der Waals surface area contributed by atoms with Gasteiger partial charge in [0.1, 0.15) is 5.78 Å². The molecule has 0 bridgehead atoms. The minimum Gasteiger partial charge on any atom is -0.300 e. The molecule has 16 heavy (non-hydrogen) atoms. The van der Waals surface area contributed by atoms with E-state index >= 15 is 0 Å². The molecule has 0 amide bonds. The van der Waals surface area contributed by atoms with Gasteiger partial charge < -0.3 is 0 Å². The minimum absolute atomic E-state index is 0.397. The van der Waals surface area contributed by atoms with Crippen LogP contribution in [0.5, 0.6) is 0 Å². The fourth-order valence-electron chi connectivity index (χ4n) is 2.12. The van der Waals surface area contributed by atoms with Crippen molar-refractivity contribution in [2.75, 3.05) is 0 Å². The van der Waals surface area contributed by atoms with E-state index in [4.69, 9.17) is 0 Å². The number of ketones is 1. The molecule has 1 heteroatoms. The van der Waals surface area contributed by atoms with Gasteiger partial charge >= 0.3 is 0 Å². The first-order chi connectivity index (χ1) is 7.68. The molecular weight excluding hydrogens is 196 g/mol. The van der Waals surface area contributed by atoms with E-state index in [1.54, 1.807) is 0 Å². The lowest BCUT2D eigenvalue weighted by atomic mass is 9.97. The van der Waals surface area contributed by atoms with Gasteiger partial charge in [0.05, 0.1) is 0 Å². The zero-order valence-corrected chi connectivity index (χ0v) is 10.6. The Kier molecular flexibility index (Phi) is 6.14. The predicted octanol–water partition coefficient (Wildman–Crippen LogP) is 4.29. The molecule has 0 saturated carbocycles. The summed E-state index contributed by atoms with van der Waals surface area (Å²) in [6, 6.07) is 0. The zero-order valence-electron chi connectivity index (χ0n) is 10.6. The van der Waals surface area contributed by atoms with Crippen molar-refractivity contribution in [2.45, 2.75) is 52.4 Å². The number of carbonyl (C=O) groups is 1. The zero-order chi connectivity index (χ0) is 11.8. The van der Waals surface area contributed by atoms with Crippen LogP contribution < -0.4 is 0 Å². The molecule has 0 heterocycles. The number of Topliss-reactive ketones (excluding diaryl/α,β-unsaturated/α-hetero) is 1. The summed E-state index contributed by atoms with van der Waals surface area (Å²) >= 11 is 0. The summed E-state index contributed by atoms with van der Waals surface area (Å²) < 4.78 is 0. The van der Waals surface area contributed by atoms with Crippen LogP contribution in [0.2, 0.25) is 0 Å². The maximum absolute atomic E-state index is 11.7. The van der Waals surface area contributed by atoms with Gasteiger partial charge in [-0.15, -0.1) is 0 Å². The lowest BCUT2D eigenvalue weighted by molar-refractivity contribution is -0.120. The van der Waals surface area contributed by atoms with Crippen LogP contribution in [0, 0.1) is 11.8 Å². The molecule has 0 aromatic rings. The second-order valence-electron chi connectivity index (χ2n) is 5.04. The first-order valence-corrected chi connectivity index (χ1v) is 6.53. The monoisotopic (exact) mass is 220 g/mol. The second-order valence-corrected chi connectivity index (χ2v) is 5.04. The number of rotatable bonds is 0. The molecule has 1 nitrogen and oxygen atoms in total. The highest BCUT2D eigenvalue weighted by atomic mass is 16.1. The first-order valence-electron chi connectivity index (χ1n) is 6.53. The van der Waals surface area contributed by atoms with Crippen molar-refractivity contribution in [3.8, 4) is 0 Å². The maximum atomic E-state index is 11.7. The van der Waals surface area contributed by atoms with Crippen molar-refractivity contribution in [1.82, 2.24) is 0 Å². The number of allylic oxidation sites excluding steroid dienone is 4. The average Bonchev–Trinajstić information content (AvgIpc) is 2.21. The molecule has 1 aliphatic rings. The van der Waals surface area contributed by atoms with Crippen LogP contribution in [0.25, 0.3) is 0 Å². The van der Waals surface area contributed by atoms with E-state index in [1.807, 2.05) is 0 Å². The van der Waals surface area contributed by atoms with Gasteiger partial charge in [-0.05, 0) is 37.5 Å². The Morgan fingerprint density at radius 2 is 1.38 bits per heavy atom. The SMILES string of the molecule is CC1C=CCCCC/C=C/C(C)CC(=O)C1. The Hall–Kier alpha value is -0.850. The molecule has 0 aromatic heterocycles. The van der Waals surface area contributed by atoms with E-state index in [1.165, 1.54) is 12.8 Å². The standard InChI is InChI=1S/C15H24O/c1-13-9-7-5-3-4-6-8-10-14(2)12-15(16)11-13/h7-10,13-14H,3-6,11-12H2,1-2H3/b9-7+,10-8?. The van der Waals surface area contributed by atoms with Gasteiger partial charge in [0.15, 0.2) is 0 Å². The normalized spacial score (nSPS) is 31.2. The Morgan fingerprint density at radius 1 is 0.938 bits per heavy atom. The molecule has 0 radical (unpaired) electrons. The van der Waals surface area contributed by atoms with Crippen LogP contribution in [0.3, 0.4) is 0 Å². The molecule has 0 fully saturated rings. The number of carbonyl (C=O) groups excluding carboxylic acids is 1. The summed E-state index contributed by atoms with van der Waals surface area (Å²) in [7, 11) is 0. The summed E-state index contributed by atoms with van der Waals surface area (Å²) in [5.41, 5.74) is 0. The highest BCUT2D eigenvalue weighted by Crippen LogP contribution is 2.14. The second kappa shape index (κ2) is 7.43. The Bertz CT molecular complexity index is 237. The summed E-state index contributed by atoms with van der Waals surface area (Å²) in [5.74, 6) is 1.21. The van der Waals surface area contributed by atoms with Gasteiger partial charge in [0.25, 0.3) is 0 Å². The third-order valence-electron chi connectivity index (χ3n) is 3.02. The highest BCUT2D eigenvalue weighted by Gasteiger charge is 2.09. The summed E-state index contributed by atoms with van der Waals surface area (Å²) in [4.78, 5) is 11.7. The van der Waals surface area contributed by atoms with Gasteiger partial charge in [0, 0.05) is 12.8 Å². The first kappa shape index (κ1) is 13.2. The van der Waals surface area contributed by atoms with Gasteiger partial charge in [-0.25, -0.2) is 0 Å². The van der Waals surface area contributed by atoms with Crippen molar-refractivity contribution in [3.05, 3.63) is 24.3 Å². The van der Waals surface area contributed by atoms with Gasteiger partial charge in [-0.2, -0.15) is 0 Å². The van der Waals surface area contributed by atoms with Crippen molar-refractivity contribution < 1.29 is 4.79 Å². The topological polar surface area (TPSA) is 17.1 Å². The molecule has 1 aliphatic carbocycles. The van der Waals surface area contributed by atoms with E-state index in [9.17, 15) is 4.79 Å². The quantitative estimate of drug-likeness (QED) is 0.556. The van der Waals surface area contributed by atoms with Crippen molar-refractivity contribution in [1.29, 1.82) is 0 Å². The Balaban J connectivity index is 2.54. The number of hydrogen-bond donors (Lipinski definition) is 0. The smallest absolute Gasteiger partial charge is 0.134 e. The Labute approximate surface area is 99.6 Å². The third-order valence-corrected chi connectivity index (χ3v) is 3.02. The van der Waals surface area contributed by atoms with Gasteiger partial charge in [0.2, 0.25) is 0 Å².